The van der Waals surface area contributed by atoms with Gasteiger partial charge in [-0.1, -0.05) is 6.92 Å². The van der Waals surface area contributed by atoms with E-state index in [-0.39, 0.29) is 36.6 Å². The second-order valence-electron chi connectivity index (χ2n) is 4.68. The summed E-state index contributed by atoms with van der Waals surface area (Å²) in [6, 6.07) is 4.51. The highest BCUT2D eigenvalue weighted by atomic mass is 35.5. The fourth-order valence-corrected chi connectivity index (χ4v) is 2.65. The van der Waals surface area contributed by atoms with Gasteiger partial charge in [-0.05, 0) is 18.6 Å². The Labute approximate surface area is 136 Å². The maximum Gasteiger partial charge on any atom is 0.165 e. The smallest absolute Gasteiger partial charge is 0.165 e. The molecule has 0 aliphatic carbocycles. The van der Waals surface area contributed by atoms with Gasteiger partial charge in [-0.25, -0.2) is 4.39 Å². The highest BCUT2D eigenvalue weighted by molar-refractivity contribution is 5.85. The number of nitrogens with one attached hydrogen (secondary N) is 1. The molecule has 0 saturated carbocycles. The molecule has 0 unspecified atom stereocenters. The van der Waals surface area contributed by atoms with E-state index in [0.29, 0.717) is 11.1 Å². The quantitative estimate of drug-likeness (QED) is 0.891. The van der Waals surface area contributed by atoms with Gasteiger partial charge >= 0.3 is 0 Å². The zero-order valence-electron chi connectivity index (χ0n) is 11.8. The molecule has 1 saturated heterocycles. The molecule has 0 amide bonds. The van der Waals surface area contributed by atoms with Crippen LogP contribution in [0.1, 0.15) is 30.5 Å². The van der Waals surface area contributed by atoms with Crippen LogP contribution in [0.3, 0.4) is 0 Å². The Hall–Kier alpha value is -1.06. The molecular formula is C14H20Cl2FN3O. The molecule has 4 nitrogen and oxygen atoms in total. The van der Waals surface area contributed by atoms with Crippen molar-refractivity contribution in [3.8, 4) is 11.8 Å². The predicted octanol–water partition coefficient (Wildman–Crippen LogP) is 2.60. The largest absolute Gasteiger partial charge is 0.505 e. The average molecular weight is 336 g/mol. The first-order valence-electron chi connectivity index (χ1n) is 6.55. The molecule has 1 heterocycles. The Morgan fingerprint density at radius 1 is 1.38 bits per heavy atom. The van der Waals surface area contributed by atoms with Gasteiger partial charge in [-0.15, -0.1) is 24.8 Å². The number of nitriles is 1. The van der Waals surface area contributed by atoms with Crippen molar-refractivity contribution in [3.63, 3.8) is 0 Å². The van der Waals surface area contributed by atoms with Crippen molar-refractivity contribution in [2.45, 2.75) is 19.4 Å². The molecule has 0 aromatic heterocycles. The van der Waals surface area contributed by atoms with Crippen LogP contribution in [0.15, 0.2) is 12.1 Å². The summed E-state index contributed by atoms with van der Waals surface area (Å²) < 4.78 is 13.6. The first kappa shape index (κ1) is 19.9. The molecule has 118 valence electrons. The number of phenolic OH excluding ortho intramolecular Hbond substituents is 1. The number of nitrogens with zero attached hydrogens (tertiary/aromatic N) is 2. The van der Waals surface area contributed by atoms with Crippen molar-refractivity contribution in [1.82, 2.24) is 10.2 Å². The van der Waals surface area contributed by atoms with Crippen LogP contribution in [0.5, 0.6) is 5.75 Å². The number of hydrogen-bond acceptors (Lipinski definition) is 4. The zero-order valence-corrected chi connectivity index (χ0v) is 13.4. The van der Waals surface area contributed by atoms with E-state index in [2.05, 4.69) is 10.2 Å². The van der Waals surface area contributed by atoms with Gasteiger partial charge < -0.3 is 10.4 Å². The van der Waals surface area contributed by atoms with Crippen LogP contribution in [0, 0.1) is 17.1 Å². The van der Waals surface area contributed by atoms with Gasteiger partial charge in [0.05, 0.1) is 11.6 Å². The number of phenols is 1. The summed E-state index contributed by atoms with van der Waals surface area (Å²) in [4.78, 5) is 2.19. The van der Waals surface area contributed by atoms with Crippen LogP contribution >= 0.6 is 24.8 Å². The highest BCUT2D eigenvalue weighted by Crippen LogP contribution is 2.35. The fourth-order valence-electron chi connectivity index (χ4n) is 2.65. The lowest BCUT2D eigenvalue weighted by molar-refractivity contribution is 0.166. The van der Waals surface area contributed by atoms with Crippen molar-refractivity contribution in [2.24, 2.45) is 0 Å². The van der Waals surface area contributed by atoms with Crippen molar-refractivity contribution in [1.29, 1.82) is 5.26 Å². The molecule has 0 spiro atoms. The van der Waals surface area contributed by atoms with E-state index >= 15 is 0 Å². The number of rotatable bonds is 3. The molecule has 1 aromatic carbocycles. The normalized spacial score (nSPS) is 16.2. The molecular weight excluding hydrogens is 316 g/mol. The second kappa shape index (κ2) is 9.06. The fraction of sp³-hybridized carbons (Fsp3) is 0.500. The van der Waals surface area contributed by atoms with Gasteiger partial charge in [0.25, 0.3) is 0 Å². The van der Waals surface area contributed by atoms with Gasteiger partial charge in [0, 0.05) is 37.8 Å². The lowest BCUT2D eigenvalue weighted by Crippen LogP contribution is -2.45. The van der Waals surface area contributed by atoms with E-state index in [0.717, 1.165) is 38.7 Å². The van der Waals surface area contributed by atoms with Crippen LogP contribution in [0.2, 0.25) is 0 Å². The van der Waals surface area contributed by atoms with Crippen molar-refractivity contribution in [2.75, 3.05) is 26.2 Å². The number of halogens is 3. The summed E-state index contributed by atoms with van der Waals surface area (Å²) in [5, 5.41) is 22.4. The van der Waals surface area contributed by atoms with E-state index in [1.807, 2.05) is 13.0 Å². The van der Waals surface area contributed by atoms with Crippen molar-refractivity contribution in [3.05, 3.63) is 29.1 Å². The van der Waals surface area contributed by atoms with Crippen molar-refractivity contribution < 1.29 is 9.50 Å². The van der Waals surface area contributed by atoms with Crippen LogP contribution < -0.4 is 5.32 Å². The lowest BCUT2D eigenvalue weighted by Gasteiger charge is -2.35. The summed E-state index contributed by atoms with van der Waals surface area (Å²) >= 11 is 0. The SMILES string of the molecule is CC[C@H](c1c(C#N)ccc(F)c1O)N1CCNCC1.Cl.Cl. The third-order valence-electron chi connectivity index (χ3n) is 3.60. The summed E-state index contributed by atoms with van der Waals surface area (Å²) in [6.45, 7) is 5.39. The van der Waals surface area contributed by atoms with Gasteiger partial charge in [-0.3, -0.25) is 4.90 Å². The Bertz CT molecular complexity index is 502. The van der Waals surface area contributed by atoms with E-state index in [1.54, 1.807) is 0 Å². The van der Waals surface area contributed by atoms with Gasteiger partial charge in [0.1, 0.15) is 0 Å². The topological polar surface area (TPSA) is 59.3 Å². The Morgan fingerprint density at radius 2 is 2.00 bits per heavy atom. The Morgan fingerprint density at radius 3 is 2.52 bits per heavy atom. The van der Waals surface area contributed by atoms with Crippen LogP contribution in [-0.2, 0) is 0 Å². The molecule has 2 rings (SSSR count). The van der Waals surface area contributed by atoms with E-state index in [1.165, 1.54) is 6.07 Å². The molecule has 1 aliphatic heterocycles. The average Bonchev–Trinajstić information content (AvgIpc) is 2.45. The molecule has 2 N–H and O–H groups in total. The number of aromatic hydroxyl groups is 1. The minimum absolute atomic E-state index is 0. The summed E-state index contributed by atoms with van der Waals surface area (Å²) in [6.07, 6.45) is 0.728. The third kappa shape index (κ3) is 4.21. The van der Waals surface area contributed by atoms with Crippen LogP contribution in [-0.4, -0.2) is 36.2 Å². The number of piperazine rings is 1. The third-order valence-corrected chi connectivity index (χ3v) is 3.60. The molecule has 1 aliphatic rings. The molecule has 0 radical (unpaired) electrons. The molecule has 1 aromatic rings. The molecule has 1 atom stereocenters. The standard InChI is InChI=1S/C14H18FN3O.2ClH/c1-2-12(18-7-5-17-6-8-18)13-10(9-16)3-4-11(15)14(13)19;;/h3-4,12,17,19H,2,5-8H2,1H3;2*1H/t12-;;/m1../s1. The van der Waals surface area contributed by atoms with E-state index in [9.17, 15) is 9.50 Å². The monoisotopic (exact) mass is 335 g/mol. The van der Waals surface area contributed by atoms with Crippen LogP contribution in [0.25, 0.3) is 0 Å². The molecule has 21 heavy (non-hydrogen) atoms. The zero-order chi connectivity index (χ0) is 13.8. The Kier molecular flexibility index (Phi) is 8.60. The van der Waals surface area contributed by atoms with Gasteiger partial charge in [0.15, 0.2) is 11.6 Å². The predicted molar refractivity (Wildman–Crippen MR) is 84.8 cm³/mol. The Balaban J connectivity index is 0.00000200. The second-order valence-corrected chi connectivity index (χ2v) is 4.68. The first-order valence-corrected chi connectivity index (χ1v) is 6.55. The molecule has 0 bridgehead atoms. The molecule has 1 fully saturated rings. The maximum atomic E-state index is 13.6. The van der Waals surface area contributed by atoms with E-state index in [4.69, 9.17) is 5.26 Å². The van der Waals surface area contributed by atoms with E-state index < -0.39 is 5.82 Å². The summed E-state index contributed by atoms with van der Waals surface area (Å²) in [5.41, 5.74) is 0.774. The van der Waals surface area contributed by atoms with Crippen molar-refractivity contribution >= 4 is 24.8 Å². The highest BCUT2D eigenvalue weighted by Gasteiger charge is 2.26. The number of hydrogen-bond donors (Lipinski definition) is 2. The maximum absolute atomic E-state index is 13.6. The van der Waals surface area contributed by atoms with Gasteiger partial charge in [0.2, 0.25) is 0 Å². The minimum atomic E-state index is -0.664. The summed E-state index contributed by atoms with van der Waals surface area (Å²) in [7, 11) is 0. The van der Waals surface area contributed by atoms with Gasteiger partial charge in [-0.2, -0.15) is 5.26 Å². The van der Waals surface area contributed by atoms with Crippen LogP contribution in [0.4, 0.5) is 4.39 Å². The minimum Gasteiger partial charge on any atom is -0.505 e. The summed E-state index contributed by atoms with van der Waals surface area (Å²) in [5.74, 6) is -1.05. The molecule has 7 heteroatoms. The first-order chi connectivity index (χ1) is 9.19. The lowest BCUT2D eigenvalue weighted by atomic mass is 9.95. The number of benzene rings is 1.